The van der Waals surface area contributed by atoms with Gasteiger partial charge in [-0.25, -0.2) is 4.79 Å². The summed E-state index contributed by atoms with van der Waals surface area (Å²) >= 11 is 1.34. The number of urea groups is 1. The van der Waals surface area contributed by atoms with Crippen molar-refractivity contribution in [3.05, 3.63) is 34.1 Å². The van der Waals surface area contributed by atoms with E-state index < -0.39 is 6.29 Å². The lowest BCUT2D eigenvalue weighted by molar-refractivity contribution is -0.286. The molecule has 1 aromatic heterocycles. The van der Waals surface area contributed by atoms with Gasteiger partial charge < -0.3 is 14.4 Å². The van der Waals surface area contributed by atoms with Crippen molar-refractivity contribution in [3.63, 3.8) is 0 Å². The minimum atomic E-state index is -3.66. The second-order valence-electron chi connectivity index (χ2n) is 5.36. The quantitative estimate of drug-likeness (QED) is 0.832. The number of thiazole rings is 1. The zero-order chi connectivity index (χ0) is 18.2. The molecule has 9 heteroatoms. The van der Waals surface area contributed by atoms with Crippen LogP contribution in [-0.4, -0.2) is 34.9 Å². The van der Waals surface area contributed by atoms with E-state index in [0.717, 1.165) is 4.88 Å². The minimum absolute atomic E-state index is 0.0287. The number of ether oxygens (including phenoxy) is 2. The number of nitrogens with zero attached hydrogens (tertiary/aromatic N) is 3. The summed E-state index contributed by atoms with van der Waals surface area (Å²) in [6.07, 6.45) is -1.88. The fourth-order valence-electron chi connectivity index (χ4n) is 2.45. The van der Waals surface area contributed by atoms with Crippen molar-refractivity contribution in [2.24, 2.45) is 4.99 Å². The molecule has 0 bridgehead atoms. The van der Waals surface area contributed by atoms with Gasteiger partial charge in [0.1, 0.15) is 0 Å². The number of carbonyl (C=O) groups is 1. The highest BCUT2D eigenvalue weighted by atomic mass is 32.1. The zero-order valence-corrected chi connectivity index (χ0v) is 14.8. The van der Waals surface area contributed by atoms with Gasteiger partial charge in [0.25, 0.3) is 0 Å². The topological polar surface area (TPSA) is 56.1 Å². The van der Waals surface area contributed by atoms with Gasteiger partial charge in [-0.1, -0.05) is 0 Å². The lowest BCUT2D eigenvalue weighted by Gasteiger charge is -2.14. The van der Waals surface area contributed by atoms with Gasteiger partial charge >= 0.3 is 12.3 Å². The van der Waals surface area contributed by atoms with Gasteiger partial charge in [-0.2, -0.15) is 4.99 Å². The first-order valence-corrected chi connectivity index (χ1v) is 8.57. The molecule has 0 N–H and O–H groups in total. The number of hydrogen-bond acceptors (Lipinski definition) is 4. The molecule has 3 rings (SSSR count). The average Bonchev–Trinajstić information content (AvgIpc) is 3.05. The molecule has 1 aliphatic heterocycles. The number of hydrogen-bond donors (Lipinski definition) is 0. The van der Waals surface area contributed by atoms with Gasteiger partial charge in [0.05, 0.1) is 5.69 Å². The van der Waals surface area contributed by atoms with Crippen LogP contribution >= 0.6 is 11.3 Å². The predicted octanol–water partition coefficient (Wildman–Crippen LogP) is 3.53. The van der Waals surface area contributed by atoms with Gasteiger partial charge in [0.2, 0.25) is 0 Å². The number of halogens is 2. The van der Waals surface area contributed by atoms with Gasteiger partial charge in [-0.3, -0.25) is 4.57 Å². The maximum Gasteiger partial charge on any atom is 0.586 e. The number of alkyl halides is 2. The molecule has 0 saturated carbocycles. The highest BCUT2D eigenvalue weighted by Crippen LogP contribution is 2.41. The van der Waals surface area contributed by atoms with Gasteiger partial charge in [0, 0.05) is 30.2 Å². The summed E-state index contributed by atoms with van der Waals surface area (Å²) in [5.41, 5.74) is 0.551. The first kappa shape index (κ1) is 17.4. The van der Waals surface area contributed by atoms with E-state index in [-0.39, 0.29) is 17.5 Å². The van der Waals surface area contributed by atoms with E-state index in [1.54, 1.807) is 21.7 Å². The molecule has 1 aliphatic rings. The first-order chi connectivity index (χ1) is 11.8. The van der Waals surface area contributed by atoms with Crippen LogP contribution < -0.4 is 14.3 Å². The maximum atomic E-state index is 13.2. The summed E-state index contributed by atoms with van der Waals surface area (Å²) < 4.78 is 36.9. The minimum Gasteiger partial charge on any atom is -0.395 e. The molecule has 0 spiro atoms. The number of rotatable bonds is 3. The Morgan fingerprint density at radius 1 is 1.28 bits per heavy atom. The summed E-state index contributed by atoms with van der Waals surface area (Å²) in [5, 5.41) is 0. The smallest absolute Gasteiger partial charge is 0.395 e. The molecule has 2 heterocycles. The van der Waals surface area contributed by atoms with Crippen LogP contribution in [0.5, 0.6) is 11.5 Å². The molecular formula is C16H17F2N3O3S. The Kier molecular flexibility index (Phi) is 4.51. The van der Waals surface area contributed by atoms with Crippen molar-refractivity contribution < 1.29 is 23.0 Å². The summed E-state index contributed by atoms with van der Waals surface area (Å²) in [5.74, 6) is -0.0844. The van der Waals surface area contributed by atoms with Gasteiger partial charge in [0.15, 0.2) is 16.3 Å². The molecule has 2 amide bonds. The average molecular weight is 369 g/mol. The van der Waals surface area contributed by atoms with Crippen LogP contribution in [0.4, 0.5) is 13.6 Å². The Hall–Kier alpha value is -2.42. The van der Waals surface area contributed by atoms with Gasteiger partial charge in [-0.05, 0) is 32.9 Å². The second kappa shape index (κ2) is 6.47. The number of benzene rings is 1. The van der Waals surface area contributed by atoms with Crippen LogP contribution in [0.2, 0.25) is 0 Å². The fraction of sp³-hybridized carbons (Fsp3) is 0.375. The molecule has 0 fully saturated rings. The van der Waals surface area contributed by atoms with Crippen molar-refractivity contribution in [1.29, 1.82) is 0 Å². The Balaban J connectivity index is 2.02. The maximum absolute atomic E-state index is 13.2. The zero-order valence-electron chi connectivity index (χ0n) is 14.0. The molecule has 1 aromatic carbocycles. The number of carbonyl (C=O) groups excluding carboxylic acids is 1. The lowest BCUT2D eigenvalue weighted by atomic mass is 10.3. The summed E-state index contributed by atoms with van der Waals surface area (Å²) in [7, 11) is 0. The summed E-state index contributed by atoms with van der Waals surface area (Å²) in [4.78, 5) is 19.4. The molecular weight excluding hydrogens is 352 g/mol. The van der Waals surface area contributed by atoms with Crippen molar-refractivity contribution in [2.75, 3.05) is 13.1 Å². The third-order valence-electron chi connectivity index (χ3n) is 3.66. The van der Waals surface area contributed by atoms with E-state index in [9.17, 15) is 13.6 Å². The van der Waals surface area contributed by atoms with E-state index in [1.165, 1.54) is 23.5 Å². The van der Waals surface area contributed by atoms with Crippen molar-refractivity contribution >= 4 is 17.4 Å². The number of amides is 2. The van der Waals surface area contributed by atoms with Crippen LogP contribution in [-0.2, 0) is 0 Å². The number of aryl methyl sites for hydroxylation is 1. The molecule has 134 valence electrons. The van der Waals surface area contributed by atoms with Gasteiger partial charge in [-0.15, -0.1) is 20.1 Å². The molecule has 2 aromatic rings. The van der Waals surface area contributed by atoms with Crippen LogP contribution in [0, 0.1) is 6.92 Å². The van der Waals surface area contributed by atoms with Crippen molar-refractivity contribution in [2.45, 2.75) is 27.1 Å². The monoisotopic (exact) mass is 369 g/mol. The number of fused-ring (bicyclic) bond motifs is 1. The van der Waals surface area contributed by atoms with Crippen LogP contribution in [0.1, 0.15) is 18.7 Å². The predicted molar refractivity (Wildman–Crippen MR) is 88.5 cm³/mol. The van der Waals surface area contributed by atoms with Crippen molar-refractivity contribution in [1.82, 2.24) is 9.47 Å². The molecule has 0 unspecified atom stereocenters. The SMILES string of the molecule is CCN(CC)C(=O)/N=c1\sc(C)cn1-c1ccc2c(c1)OC(F)(F)O2. The lowest BCUT2D eigenvalue weighted by Crippen LogP contribution is -2.30. The Labute approximate surface area is 146 Å². The third-order valence-corrected chi connectivity index (χ3v) is 4.56. The molecule has 6 nitrogen and oxygen atoms in total. The van der Waals surface area contributed by atoms with E-state index in [1.807, 2.05) is 20.8 Å². The summed E-state index contributed by atoms with van der Waals surface area (Å²) in [6, 6.07) is 4.11. The molecule has 0 radical (unpaired) electrons. The Morgan fingerprint density at radius 2 is 1.96 bits per heavy atom. The van der Waals surface area contributed by atoms with Crippen LogP contribution in [0.25, 0.3) is 5.69 Å². The highest BCUT2D eigenvalue weighted by Gasteiger charge is 2.43. The molecule has 0 saturated heterocycles. The Bertz CT molecular complexity index is 872. The Morgan fingerprint density at radius 3 is 2.64 bits per heavy atom. The van der Waals surface area contributed by atoms with E-state index >= 15 is 0 Å². The third kappa shape index (κ3) is 3.51. The summed E-state index contributed by atoms with van der Waals surface area (Å²) in [6.45, 7) is 6.75. The first-order valence-electron chi connectivity index (χ1n) is 7.76. The molecule has 0 atom stereocenters. The molecule has 25 heavy (non-hydrogen) atoms. The largest absolute Gasteiger partial charge is 0.586 e. The van der Waals surface area contributed by atoms with Crippen LogP contribution in [0.15, 0.2) is 29.4 Å². The standard InChI is InChI=1S/C16H17F2N3O3S/c1-4-20(5-2)14(22)19-15-21(9-10(3)25-15)11-6-7-12-13(8-11)24-16(17,18)23-12/h6-9H,4-5H2,1-3H3/b19-15-. The molecule has 0 aliphatic carbocycles. The fourth-order valence-corrected chi connectivity index (χ4v) is 3.28. The van der Waals surface area contributed by atoms with Crippen molar-refractivity contribution in [3.8, 4) is 17.2 Å². The number of aromatic nitrogens is 1. The van der Waals surface area contributed by atoms with Crippen LogP contribution in [0.3, 0.4) is 0 Å². The second-order valence-corrected chi connectivity index (χ2v) is 6.57. The highest BCUT2D eigenvalue weighted by molar-refractivity contribution is 7.09. The van der Waals surface area contributed by atoms with E-state index in [4.69, 9.17) is 0 Å². The normalized spacial score (nSPS) is 15.5. The van der Waals surface area contributed by atoms with E-state index in [2.05, 4.69) is 14.5 Å². The van der Waals surface area contributed by atoms with E-state index in [0.29, 0.717) is 23.6 Å².